The van der Waals surface area contributed by atoms with Gasteiger partial charge in [0, 0.05) is 11.8 Å². The van der Waals surface area contributed by atoms with Crippen LogP contribution in [0.5, 0.6) is 0 Å². The minimum atomic E-state index is -0.0155. The lowest BCUT2D eigenvalue weighted by Gasteiger charge is -2.36. The third-order valence-corrected chi connectivity index (χ3v) is 3.90. The van der Waals surface area contributed by atoms with Crippen molar-refractivity contribution in [3.63, 3.8) is 0 Å². The van der Waals surface area contributed by atoms with Gasteiger partial charge < -0.3 is 0 Å². The zero-order valence-electron chi connectivity index (χ0n) is 9.94. The van der Waals surface area contributed by atoms with E-state index in [-0.39, 0.29) is 5.41 Å². The fourth-order valence-electron chi connectivity index (χ4n) is 2.50. The van der Waals surface area contributed by atoms with Gasteiger partial charge in [-0.2, -0.15) is 0 Å². The monoisotopic (exact) mass is 194 g/mol. The predicted octanol–water partition coefficient (Wildman–Crippen LogP) is 3.88. The summed E-state index contributed by atoms with van der Waals surface area (Å²) in [5.41, 5.74) is 2.93. The van der Waals surface area contributed by atoms with Crippen molar-refractivity contribution in [3.8, 4) is 0 Å². The topological polar surface area (TPSA) is 17.1 Å². The van der Waals surface area contributed by atoms with E-state index < -0.39 is 0 Å². The molecule has 0 aromatic heterocycles. The molecule has 0 saturated heterocycles. The Hall–Kier alpha value is -0.590. The summed E-state index contributed by atoms with van der Waals surface area (Å²) < 4.78 is 0. The quantitative estimate of drug-likeness (QED) is 0.623. The van der Waals surface area contributed by atoms with Crippen LogP contribution < -0.4 is 0 Å². The van der Waals surface area contributed by atoms with Crippen molar-refractivity contribution < 1.29 is 4.79 Å². The first-order chi connectivity index (χ1) is 6.55. The van der Waals surface area contributed by atoms with Crippen LogP contribution >= 0.6 is 0 Å². The Bertz CT molecular complexity index is 262. The normalized spacial score (nSPS) is 28.0. The van der Waals surface area contributed by atoms with Crippen LogP contribution in [0.15, 0.2) is 11.1 Å². The molecule has 1 nitrogen and oxygen atoms in total. The van der Waals surface area contributed by atoms with Gasteiger partial charge in [-0.15, -0.1) is 0 Å². The van der Waals surface area contributed by atoms with Gasteiger partial charge in [0.15, 0.2) is 0 Å². The maximum atomic E-state index is 11.9. The molecule has 0 aromatic rings. The van der Waals surface area contributed by atoms with E-state index >= 15 is 0 Å². The molecule has 0 bridgehead atoms. The number of hydrogen-bond donors (Lipinski definition) is 0. The molecule has 80 valence electrons. The molecule has 14 heavy (non-hydrogen) atoms. The Labute approximate surface area is 87.6 Å². The molecule has 0 amide bonds. The Morgan fingerprint density at radius 1 is 1.29 bits per heavy atom. The van der Waals surface area contributed by atoms with Crippen LogP contribution in [0.4, 0.5) is 0 Å². The molecule has 1 aliphatic rings. The molecule has 0 unspecified atom stereocenters. The summed E-state index contributed by atoms with van der Waals surface area (Å²) >= 11 is 0. The van der Waals surface area contributed by atoms with E-state index in [1.807, 2.05) is 6.92 Å². The molecule has 1 rings (SSSR count). The number of ketones is 1. The van der Waals surface area contributed by atoms with Crippen LogP contribution in [0, 0.1) is 5.41 Å². The molecule has 0 spiro atoms. The molecule has 1 heteroatoms. The van der Waals surface area contributed by atoms with E-state index in [9.17, 15) is 4.79 Å². The fourth-order valence-corrected chi connectivity index (χ4v) is 2.50. The van der Waals surface area contributed by atoms with Gasteiger partial charge in [0.1, 0.15) is 5.78 Å². The first-order valence-electron chi connectivity index (χ1n) is 5.74. The van der Waals surface area contributed by atoms with Gasteiger partial charge >= 0.3 is 0 Å². The molecule has 0 aliphatic heterocycles. The van der Waals surface area contributed by atoms with E-state index in [0.29, 0.717) is 12.2 Å². The van der Waals surface area contributed by atoms with E-state index in [1.54, 1.807) is 0 Å². The van der Waals surface area contributed by atoms with Crippen LogP contribution in [0.25, 0.3) is 0 Å². The number of allylic oxidation sites excluding steroid dienone is 2. The minimum absolute atomic E-state index is 0.0155. The zero-order valence-corrected chi connectivity index (χ0v) is 9.94. The van der Waals surface area contributed by atoms with Crippen molar-refractivity contribution >= 4 is 5.78 Å². The van der Waals surface area contributed by atoms with Gasteiger partial charge in [0.25, 0.3) is 0 Å². The molecule has 1 aliphatic carbocycles. The van der Waals surface area contributed by atoms with Crippen molar-refractivity contribution in [1.29, 1.82) is 0 Å². The lowest BCUT2D eigenvalue weighted by Crippen LogP contribution is -2.32. The highest BCUT2D eigenvalue weighted by Crippen LogP contribution is 2.43. The SMILES string of the molecule is CCC(=O)[C@]1(CC)CCC(C)=C(C)C1. The number of rotatable bonds is 3. The largest absolute Gasteiger partial charge is 0.299 e. The second kappa shape index (κ2) is 4.29. The van der Waals surface area contributed by atoms with Crippen molar-refractivity contribution in [2.45, 2.75) is 59.8 Å². The molecule has 1 atom stereocenters. The van der Waals surface area contributed by atoms with Gasteiger partial charge in [-0.3, -0.25) is 4.79 Å². The Balaban J connectivity index is 2.90. The van der Waals surface area contributed by atoms with E-state index in [1.165, 1.54) is 11.1 Å². The summed E-state index contributed by atoms with van der Waals surface area (Å²) in [6.07, 6.45) is 4.89. The molecular formula is C13H22O. The molecule has 0 aromatic carbocycles. The van der Waals surface area contributed by atoms with Crippen LogP contribution in [0.1, 0.15) is 59.8 Å². The Morgan fingerprint density at radius 3 is 2.36 bits per heavy atom. The maximum absolute atomic E-state index is 11.9. The summed E-state index contributed by atoms with van der Waals surface area (Å²) in [7, 11) is 0. The van der Waals surface area contributed by atoms with E-state index in [2.05, 4.69) is 20.8 Å². The molecule has 0 saturated carbocycles. The third kappa shape index (κ3) is 1.92. The summed E-state index contributed by atoms with van der Waals surface area (Å²) in [6, 6.07) is 0. The predicted molar refractivity (Wildman–Crippen MR) is 60.2 cm³/mol. The summed E-state index contributed by atoms with van der Waals surface area (Å²) in [5, 5.41) is 0. The number of carbonyl (C=O) groups is 1. The molecule has 0 N–H and O–H groups in total. The standard InChI is InChI=1S/C13H22O/c1-5-12(14)13(6-2)8-7-10(3)11(4)9-13/h5-9H2,1-4H3/t13-/m1/s1. The molecular weight excluding hydrogens is 172 g/mol. The average molecular weight is 194 g/mol. The molecule has 0 heterocycles. The lowest BCUT2D eigenvalue weighted by atomic mass is 9.67. The van der Waals surface area contributed by atoms with Gasteiger partial charge in [-0.25, -0.2) is 0 Å². The highest BCUT2D eigenvalue weighted by molar-refractivity contribution is 5.85. The van der Waals surface area contributed by atoms with Crippen molar-refractivity contribution in [2.24, 2.45) is 5.41 Å². The van der Waals surface area contributed by atoms with E-state index in [0.717, 1.165) is 25.7 Å². The van der Waals surface area contributed by atoms with Gasteiger partial charge in [-0.05, 0) is 39.5 Å². The number of hydrogen-bond acceptors (Lipinski definition) is 1. The molecule has 0 fully saturated rings. The average Bonchev–Trinajstić information content (AvgIpc) is 2.21. The number of carbonyl (C=O) groups excluding carboxylic acids is 1. The van der Waals surface area contributed by atoms with Crippen LogP contribution in [-0.2, 0) is 4.79 Å². The fraction of sp³-hybridized carbons (Fsp3) is 0.769. The second-order valence-electron chi connectivity index (χ2n) is 4.65. The highest BCUT2D eigenvalue weighted by Gasteiger charge is 2.37. The minimum Gasteiger partial charge on any atom is -0.299 e. The summed E-state index contributed by atoms with van der Waals surface area (Å²) in [4.78, 5) is 11.9. The van der Waals surface area contributed by atoms with Gasteiger partial charge in [0.2, 0.25) is 0 Å². The van der Waals surface area contributed by atoms with E-state index in [4.69, 9.17) is 0 Å². The van der Waals surface area contributed by atoms with Crippen molar-refractivity contribution in [1.82, 2.24) is 0 Å². The molecule has 0 radical (unpaired) electrons. The van der Waals surface area contributed by atoms with Crippen LogP contribution in [0.3, 0.4) is 0 Å². The van der Waals surface area contributed by atoms with Crippen LogP contribution in [0.2, 0.25) is 0 Å². The first-order valence-corrected chi connectivity index (χ1v) is 5.74. The third-order valence-electron chi connectivity index (χ3n) is 3.90. The first kappa shape index (κ1) is 11.5. The van der Waals surface area contributed by atoms with Crippen molar-refractivity contribution in [3.05, 3.63) is 11.1 Å². The summed E-state index contributed by atoms with van der Waals surface area (Å²) in [5.74, 6) is 0.465. The Kier molecular flexibility index (Phi) is 3.52. The number of Topliss-reactive ketones (excluding diaryl/α,β-unsaturated/α-hetero) is 1. The lowest BCUT2D eigenvalue weighted by molar-refractivity contribution is -0.129. The summed E-state index contributed by atoms with van der Waals surface area (Å²) in [6.45, 7) is 8.52. The highest BCUT2D eigenvalue weighted by atomic mass is 16.1. The smallest absolute Gasteiger partial charge is 0.139 e. The van der Waals surface area contributed by atoms with Gasteiger partial charge in [-0.1, -0.05) is 25.0 Å². The van der Waals surface area contributed by atoms with Gasteiger partial charge in [0.05, 0.1) is 0 Å². The second-order valence-corrected chi connectivity index (χ2v) is 4.65. The maximum Gasteiger partial charge on any atom is 0.139 e. The van der Waals surface area contributed by atoms with Crippen LogP contribution in [-0.4, -0.2) is 5.78 Å². The Morgan fingerprint density at radius 2 is 1.93 bits per heavy atom. The van der Waals surface area contributed by atoms with Crippen molar-refractivity contribution in [2.75, 3.05) is 0 Å². The zero-order chi connectivity index (χ0) is 10.8.